The molecule has 6 heteroatoms. The molecule has 2 fully saturated rings. The second-order valence-corrected chi connectivity index (χ2v) is 7.68. The number of carbonyl (C=O) groups excluding carboxylic acids is 2. The van der Waals surface area contributed by atoms with Crippen LogP contribution in [0.2, 0.25) is 0 Å². The lowest BCUT2D eigenvalue weighted by Crippen LogP contribution is -2.34. The van der Waals surface area contributed by atoms with E-state index in [0.29, 0.717) is 11.8 Å². The second kappa shape index (κ2) is 8.74. The van der Waals surface area contributed by atoms with Crippen LogP contribution in [0.3, 0.4) is 0 Å². The summed E-state index contributed by atoms with van der Waals surface area (Å²) in [6.45, 7) is 4.28. The fourth-order valence-corrected chi connectivity index (χ4v) is 4.27. The molecule has 27 heavy (non-hydrogen) atoms. The molecule has 0 spiro atoms. The van der Waals surface area contributed by atoms with Crippen molar-refractivity contribution in [2.75, 3.05) is 18.6 Å². The number of cyclic esters (lactones) is 1. The van der Waals surface area contributed by atoms with Gasteiger partial charge in [0.25, 0.3) is 0 Å². The number of hydrogen-bond acceptors (Lipinski definition) is 4. The molecule has 2 atom stereocenters. The maximum absolute atomic E-state index is 12.1. The van der Waals surface area contributed by atoms with Gasteiger partial charge in [0.15, 0.2) is 0 Å². The van der Waals surface area contributed by atoms with Crippen LogP contribution in [0.5, 0.6) is 0 Å². The summed E-state index contributed by atoms with van der Waals surface area (Å²) in [6.07, 6.45) is 4.96. The summed E-state index contributed by atoms with van der Waals surface area (Å²) < 4.78 is 10.4. The predicted octanol–water partition coefficient (Wildman–Crippen LogP) is 3.80. The van der Waals surface area contributed by atoms with Gasteiger partial charge in [-0.2, -0.15) is 0 Å². The number of nitrogens with zero attached hydrogens (tertiary/aromatic N) is 1. The molecular weight excluding hydrogens is 344 g/mol. The van der Waals surface area contributed by atoms with Gasteiger partial charge in [0.1, 0.15) is 6.04 Å². The molecular formula is C21H30N2O4. The molecule has 2 unspecified atom stereocenters. The molecule has 148 valence electrons. The van der Waals surface area contributed by atoms with Crippen LogP contribution in [0.1, 0.15) is 57.4 Å². The van der Waals surface area contributed by atoms with Crippen LogP contribution >= 0.6 is 0 Å². The summed E-state index contributed by atoms with van der Waals surface area (Å²) in [4.78, 5) is 24.7. The number of hydrogen-bond donors (Lipinski definition) is 1. The first-order valence-electron chi connectivity index (χ1n) is 9.86. The Morgan fingerprint density at radius 1 is 1.22 bits per heavy atom. The zero-order valence-electron chi connectivity index (χ0n) is 16.4. The van der Waals surface area contributed by atoms with E-state index in [1.165, 1.54) is 31.2 Å². The second-order valence-electron chi connectivity index (χ2n) is 7.68. The van der Waals surface area contributed by atoms with Gasteiger partial charge in [-0.25, -0.2) is 4.79 Å². The molecule has 1 saturated carbocycles. The SMILES string of the molecule is COC1OC(=O)N(c2ccc(C3CCC(CCNC(C)=O)CC3)cc2)C1C. The Bertz CT molecular complexity index is 653. The number of rotatable bonds is 6. The van der Waals surface area contributed by atoms with Gasteiger partial charge in [-0.1, -0.05) is 12.1 Å². The van der Waals surface area contributed by atoms with Gasteiger partial charge in [-0.15, -0.1) is 0 Å². The van der Waals surface area contributed by atoms with E-state index < -0.39 is 6.29 Å². The monoisotopic (exact) mass is 374 g/mol. The van der Waals surface area contributed by atoms with Gasteiger partial charge < -0.3 is 14.8 Å². The Labute approximate surface area is 161 Å². The molecule has 1 aliphatic heterocycles. The fraction of sp³-hybridized carbons (Fsp3) is 0.619. The van der Waals surface area contributed by atoms with Crippen molar-refractivity contribution in [2.45, 2.75) is 64.2 Å². The molecule has 0 bridgehead atoms. The molecule has 1 aromatic rings. The van der Waals surface area contributed by atoms with Crippen LogP contribution in [-0.4, -0.2) is 38.0 Å². The number of ether oxygens (including phenoxy) is 2. The van der Waals surface area contributed by atoms with E-state index in [1.807, 2.05) is 19.1 Å². The minimum atomic E-state index is -0.523. The molecule has 0 aromatic heterocycles. The first kappa shape index (κ1) is 19.7. The Morgan fingerprint density at radius 2 is 1.89 bits per heavy atom. The molecule has 2 aliphatic rings. The van der Waals surface area contributed by atoms with E-state index in [2.05, 4.69) is 17.4 Å². The van der Waals surface area contributed by atoms with Crippen LogP contribution in [0.4, 0.5) is 10.5 Å². The van der Waals surface area contributed by atoms with Crippen LogP contribution < -0.4 is 10.2 Å². The highest BCUT2D eigenvalue weighted by molar-refractivity contribution is 5.90. The topological polar surface area (TPSA) is 67.9 Å². The number of amides is 2. The third kappa shape index (κ3) is 4.61. The van der Waals surface area contributed by atoms with Gasteiger partial charge in [-0.3, -0.25) is 9.69 Å². The predicted molar refractivity (Wildman–Crippen MR) is 104 cm³/mol. The minimum Gasteiger partial charge on any atom is -0.417 e. The smallest absolute Gasteiger partial charge is 0.417 e. The molecule has 1 heterocycles. The highest BCUT2D eigenvalue weighted by atomic mass is 16.7. The fourth-order valence-electron chi connectivity index (χ4n) is 4.27. The third-order valence-corrected chi connectivity index (χ3v) is 5.86. The van der Waals surface area contributed by atoms with Crippen LogP contribution in [0.15, 0.2) is 24.3 Å². The average Bonchev–Trinajstić information content (AvgIpc) is 2.96. The van der Waals surface area contributed by atoms with E-state index in [4.69, 9.17) is 9.47 Å². The lowest BCUT2D eigenvalue weighted by Gasteiger charge is -2.29. The van der Waals surface area contributed by atoms with Crippen molar-refractivity contribution in [3.63, 3.8) is 0 Å². The summed E-state index contributed by atoms with van der Waals surface area (Å²) in [7, 11) is 1.55. The molecule has 3 rings (SSSR count). The van der Waals surface area contributed by atoms with Crippen molar-refractivity contribution in [1.82, 2.24) is 5.32 Å². The maximum Gasteiger partial charge on any atom is 0.417 e. The third-order valence-electron chi connectivity index (χ3n) is 5.86. The van der Waals surface area contributed by atoms with E-state index >= 15 is 0 Å². The molecule has 1 saturated heterocycles. The molecule has 0 radical (unpaired) electrons. The summed E-state index contributed by atoms with van der Waals surface area (Å²) in [5, 5.41) is 2.89. The van der Waals surface area contributed by atoms with Crippen molar-refractivity contribution in [3.8, 4) is 0 Å². The normalized spacial score (nSPS) is 28.1. The number of benzene rings is 1. The minimum absolute atomic E-state index is 0.0526. The van der Waals surface area contributed by atoms with Crippen molar-refractivity contribution in [1.29, 1.82) is 0 Å². The average molecular weight is 374 g/mol. The number of anilines is 1. The summed E-state index contributed by atoms with van der Waals surface area (Å²) >= 11 is 0. The Balaban J connectivity index is 1.54. The van der Waals surface area contributed by atoms with Crippen molar-refractivity contribution < 1.29 is 19.1 Å². The largest absolute Gasteiger partial charge is 0.417 e. The van der Waals surface area contributed by atoms with Gasteiger partial charge >= 0.3 is 6.09 Å². The van der Waals surface area contributed by atoms with Crippen LogP contribution in [0, 0.1) is 5.92 Å². The molecule has 1 aliphatic carbocycles. The van der Waals surface area contributed by atoms with E-state index in [1.54, 1.807) is 18.9 Å². The maximum atomic E-state index is 12.1. The quantitative estimate of drug-likeness (QED) is 0.822. The van der Waals surface area contributed by atoms with Gasteiger partial charge in [0.2, 0.25) is 12.2 Å². The van der Waals surface area contributed by atoms with Gasteiger partial charge in [0, 0.05) is 26.3 Å². The summed E-state index contributed by atoms with van der Waals surface area (Å²) in [5.74, 6) is 1.33. The molecule has 2 amide bonds. The first-order valence-corrected chi connectivity index (χ1v) is 9.86. The van der Waals surface area contributed by atoms with Gasteiger partial charge in [0.05, 0.1) is 0 Å². The van der Waals surface area contributed by atoms with E-state index in [9.17, 15) is 9.59 Å². The lowest BCUT2D eigenvalue weighted by atomic mass is 9.77. The standard InChI is InChI=1S/C21H30N2O4/c1-14-20(26-3)27-21(25)23(14)19-10-8-18(9-11-19)17-6-4-16(5-7-17)12-13-22-15(2)24/h8-11,14,16-17,20H,4-7,12-13H2,1-3H3,(H,22,24). The summed E-state index contributed by atoms with van der Waals surface area (Å²) in [6, 6.07) is 8.14. The molecule has 1 N–H and O–H groups in total. The van der Waals surface area contributed by atoms with Crippen molar-refractivity contribution >= 4 is 17.7 Å². The van der Waals surface area contributed by atoms with Crippen LogP contribution in [0.25, 0.3) is 0 Å². The lowest BCUT2D eigenvalue weighted by molar-refractivity contribution is -0.119. The molecule has 1 aromatic carbocycles. The van der Waals surface area contributed by atoms with E-state index in [-0.39, 0.29) is 18.0 Å². The van der Waals surface area contributed by atoms with Crippen molar-refractivity contribution in [2.24, 2.45) is 5.92 Å². The number of methoxy groups -OCH3 is 1. The number of carbonyl (C=O) groups is 2. The highest BCUT2D eigenvalue weighted by Gasteiger charge is 2.40. The Morgan fingerprint density at radius 3 is 2.44 bits per heavy atom. The summed E-state index contributed by atoms with van der Waals surface area (Å²) in [5.41, 5.74) is 2.18. The zero-order chi connectivity index (χ0) is 19.4. The van der Waals surface area contributed by atoms with Crippen LogP contribution in [-0.2, 0) is 14.3 Å². The Kier molecular flexibility index (Phi) is 6.37. The Hall–Kier alpha value is -2.08. The number of nitrogens with one attached hydrogen (secondary N) is 1. The first-order chi connectivity index (χ1) is 13.0. The van der Waals surface area contributed by atoms with Crippen molar-refractivity contribution in [3.05, 3.63) is 29.8 Å². The molecule has 6 nitrogen and oxygen atoms in total. The van der Waals surface area contributed by atoms with E-state index in [0.717, 1.165) is 18.7 Å². The zero-order valence-corrected chi connectivity index (χ0v) is 16.4. The van der Waals surface area contributed by atoms with Gasteiger partial charge in [-0.05, 0) is 68.6 Å². The highest BCUT2D eigenvalue weighted by Crippen LogP contribution is 2.38.